The van der Waals surface area contributed by atoms with Crippen LogP contribution in [0.15, 0.2) is 42.6 Å². The lowest BCUT2D eigenvalue weighted by atomic mass is 9.68. The van der Waals surface area contributed by atoms with Gasteiger partial charge in [-0.25, -0.2) is 0 Å². The Morgan fingerprint density at radius 1 is 1.31 bits per heavy atom. The molecule has 1 saturated carbocycles. The number of hydrogen-bond donors (Lipinski definition) is 1. The molecule has 1 aliphatic rings. The van der Waals surface area contributed by atoms with Crippen LogP contribution in [-0.2, 0) is 5.41 Å². The van der Waals surface area contributed by atoms with Gasteiger partial charge >= 0.3 is 0 Å². The van der Waals surface area contributed by atoms with Gasteiger partial charge < -0.3 is 10.2 Å². The van der Waals surface area contributed by atoms with E-state index >= 15 is 0 Å². The van der Waals surface area contributed by atoms with Crippen LogP contribution in [0.1, 0.15) is 41.7 Å². The maximum Gasteiger partial charge on any atom is 0.274 e. The highest BCUT2D eigenvalue weighted by Crippen LogP contribution is 2.41. The molecule has 0 bridgehead atoms. The summed E-state index contributed by atoms with van der Waals surface area (Å²) >= 11 is 6.23. The van der Waals surface area contributed by atoms with Gasteiger partial charge in [-0.1, -0.05) is 23.7 Å². The first-order valence-corrected chi connectivity index (χ1v) is 9.39. The van der Waals surface area contributed by atoms with Crippen molar-refractivity contribution >= 4 is 17.5 Å². The molecule has 0 aliphatic heterocycles. The molecule has 1 heterocycles. The molecule has 1 aromatic carbocycles. The minimum Gasteiger partial charge on any atom is -0.337 e. The number of nitrogens with zero attached hydrogens (tertiary/aromatic N) is 3. The minimum atomic E-state index is -0.0630. The number of carbonyl (C=O) groups excluding carboxylic acids is 1. The standard InChI is InChI=1S/C20H25ClN4O/c1-22-14-20(15-5-3-6-16(21)13-15)10-8-17(9-11-20)25(2)19(26)18-7-4-12-23-24-18/h3-7,12-13,17,22H,8-11,14H2,1-2H3. The number of rotatable bonds is 5. The molecular formula is C20H25ClN4O. The topological polar surface area (TPSA) is 58.1 Å². The SMILES string of the molecule is CNCC1(c2cccc(Cl)c2)CCC(N(C)C(=O)c2cccnn2)CC1. The lowest BCUT2D eigenvalue weighted by molar-refractivity contribution is 0.0653. The fourth-order valence-electron chi connectivity index (χ4n) is 4.03. The van der Waals surface area contributed by atoms with Gasteiger partial charge in [0.25, 0.3) is 5.91 Å². The van der Waals surface area contributed by atoms with Crippen molar-refractivity contribution in [3.8, 4) is 0 Å². The van der Waals surface area contributed by atoms with Gasteiger partial charge in [-0.05, 0) is 62.6 Å². The molecule has 0 atom stereocenters. The number of carbonyl (C=O) groups is 1. The summed E-state index contributed by atoms with van der Waals surface area (Å²) in [6, 6.07) is 11.8. The molecule has 1 amide bonds. The Balaban J connectivity index is 1.73. The normalized spacial score (nSPS) is 22.8. The lowest BCUT2D eigenvalue weighted by Gasteiger charge is -2.43. The van der Waals surface area contributed by atoms with Gasteiger partial charge in [-0.2, -0.15) is 5.10 Å². The van der Waals surface area contributed by atoms with Crippen molar-refractivity contribution < 1.29 is 4.79 Å². The van der Waals surface area contributed by atoms with Crippen LogP contribution in [0, 0.1) is 0 Å². The molecule has 1 aliphatic carbocycles. The highest BCUT2D eigenvalue weighted by Gasteiger charge is 2.38. The molecule has 3 rings (SSSR count). The molecule has 138 valence electrons. The zero-order valence-electron chi connectivity index (χ0n) is 15.3. The molecule has 0 spiro atoms. The van der Waals surface area contributed by atoms with E-state index in [-0.39, 0.29) is 17.4 Å². The lowest BCUT2D eigenvalue weighted by Crippen LogP contribution is -2.46. The van der Waals surface area contributed by atoms with Crippen LogP contribution >= 0.6 is 11.6 Å². The molecule has 0 saturated heterocycles. The maximum atomic E-state index is 12.6. The maximum absolute atomic E-state index is 12.6. The summed E-state index contributed by atoms with van der Waals surface area (Å²) in [6.07, 6.45) is 5.51. The van der Waals surface area contributed by atoms with Crippen LogP contribution in [0.5, 0.6) is 0 Å². The smallest absolute Gasteiger partial charge is 0.274 e. The summed E-state index contributed by atoms with van der Waals surface area (Å²) in [5.74, 6) is -0.0630. The molecule has 0 unspecified atom stereocenters. The van der Waals surface area contributed by atoms with Crippen molar-refractivity contribution in [2.24, 2.45) is 0 Å². The van der Waals surface area contributed by atoms with E-state index in [4.69, 9.17) is 11.6 Å². The second kappa shape index (κ2) is 8.14. The Bertz CT molecular complexity index is 744. The number of benzene rings is 1. The summed E-state index contributed by atoms with van der Waals surface area (Å²) in [5, 5.41) is 11.9. The molecule has 1 aromatic heterocycles. The quantitative estimate of drug-likeness (QED) is 0.874. The van der Waals surface area contributed by atoms with Crippen molar-refractivity contribution in [1.82, 2.24) is 20.4 Å². The summed E-state index contributed by atoms with van der Waals surface area (Å²) in [7, 11) is 3.86. The largest absolute Gasteiger partial charge is 0.337 e. The highest BCUT2D eigenvalue weighted by atomic mass is 35.5. The van der Waals surface area contributed by atoms with Gasteiger partial charge in [-0.15, -0.1) is 5.10 Å². The number of nitrogens with one attached hydrogen (secondary N) is 1. The third-order valence-corrected chi connectivity index (χ3v) is 5.76. The van der Waals surface area contributed by atoms with E-state index in [1.165, 1.54) is 5.56 Å². The van der Waals surface area contributed by atoms with Crippen LogP contribution < -0.4 is 5.32 Å². The van der Waals surface area contributed by atoms with E-state index in [9.17, 15) is 4.79 Å². The first-order valence-electron chi connectivity index (χ1n) is 9.01. The summed E-state index contributed by atoms with van der Waals surface area (Å²) in [5.41, 5.74) is 1.74. The van der Waals surface area contributed by atoms with Gasteiger partial charge in [0.15, 0.2) is 5.69 Å². The zero-order valence-corrected chi connectivity index (χ0v) is 16.0. The Labute approximate surface area is 159 Å². The van der Waals surface area contributed by atoms with Gasteiger partial charge in [0.05, 0.1) is 0 Å². The van der Waals surface area contributed by atoms with Crippen molar-refractivity contribution in [2.45, 2.75) is 37.1 Å². The van der Waals surface area contributed by atoms with Gasteiger partial charge in [0, 0.05) is 36.3 Å². The number of likely N-dealkylation sites (N-methyl/N-ethyl adjacent to an activating group) is 1. The third-order valence-electron chi connectivity index (χ3n) is 5.52. The molecule has 0 radical (unpaired) electrons. The van der Waals surface area contributed by atoms with E-state index < -0.39 is 0 Å². The van der Waals surface area contributed by atoms with Crippen molar-refractivity contribution in [2.75, 3.05) is 20.6 Å². The molecule has 1 fully saturated rings. The van der Waals surface area contributed by atoms with E-state index in [1.54, 1.807) is 18.3 Å². The Morgan fingerprint density at radius 2 is 2.08 bits per heavy atom. The molecular weight excluding hydrogens is 348 g/mol. The van der Waals surface area contributed by atoms with Crippen LogP contribution in [0.4, 0.5) is 0 Å². The minimum absolute atomic E-state index is 0.0621. The highest BCUT2D eigenvalue weighted by molar-refractivity contribution is 6.30. The fourth-order valence-corrected chi connectivity index (χ4v) is 4.22. The average molecular weight is 373 g/mol. The predicted molar refractivity (Wildman–Crippen MR) is 103 cm³/mol. The van der Waals surface area contributed by atoms with Gasteiger partial charge in [0.2, 0.25) is 0 Å². The predicted octanol–water partition coefficient (Wildman–Crippen LogP) is 3.30. The van der Waals surface area contributed by atoms with Gasteiger partial charge in [-0.3, -0.25) is 4.79 Å². The molecule has 5 nitrogen and oxygen atoms in total. The molecule has 2 aromatic rings. The molecule has 6 heteroatoms. The summed E-state index contributed by atoms with van der Waals surface area (Å²) in [4.78, 5) is 14.5. The van der Waals surface area contributed by atoms with Crippen molar-refractivity contribution in [3.63, 3.8) is 0 Å². The van der Waals surface area contributed by atoms with Crippen LogP contribution in [-0.4, -0.2) is 47.7 Å². The second-order valence-corrected chi connectivity index (χ2v) is 7.51. The van der Waals surface area contributed by atoms with Crippen LogP contribution in [0.3, 0.4) is 0 Å². The Kier molecular flexibility index (Phi) is 5.89. The zero-order chi connectivity index (χ0) is 18.6. The Morgan fingerprint density at radius 3 is 2.69 bits per heavy atom. The van der Waals surface area contributed by atoms with E-state index in [0.717, 1.165) is 37.3 Å². The summed E-state index contributed by atoms with van der Waals surface area (Å²) < 4.78 is 0. The molecule has 26 heavy (non-hydrogen) atoms. The fraction of sp³-hybridized carbons (Fsp3) is 0.450. The number of halogens is 1. The monoisotopic (exact) mass is 372 g/mol. The second-order valence-electron chi connectivity index (χ2n) is 7.08. The first kappa shape index (κ1) is 18.8. The number of amides is 1. The van der Waals surface area contributed by atoms with Crippen molar-refractivity contribution in [3.05, 3.63) is 58.9 Å². The van der Waals surface area contributed by atoms with Gasteiger partial charge in [0.1, 0.15) is 0 Å². The average Bonchev–Trinajstić information content (AvgIpc) is 2.68. The van der Waals surface area contributed by atoms with E-state index in [2.05, 4.69) is 27.6 Å². The number of aromatic nitrogens is 2. The number of hydrogen-bond acceptors (Lipinski definition) is 4. The van der Waals surface area contributed by atoms with Crippen LogP contribution in [0.25, 0.3) is 0 Å². The summed E-state index contributed by atoms with van der Waals surface area (Å²) in [6.45, 7) is 0.905. The molecule has 1 N–H and O–H groups in total. The van der Waals surface area contributed by atoms with Crippen LogP contribution in [0.2, 0.25) is 5.02 Å². The van der Waals surface area contributed by atoms with Crippen molar-refractivity contribution in [1.29, 1.82) is 0 Å². The third kappa shape index (κ3) is 3.89. The Hall–Kier alpha value is -1.98. The van der Waals surface area contributed by atoms with E-state index in [1.807, 2.05) is 31.1 Å². The first-order chi connectivity index (χ1) is 12.6. The van der Waals surface area contributed by atoms with E-state index in [0.29, 0.717) is 5.69 Å².